The molecule has 1 unspecified atom stereocenters. The number of nitro benzene ring substituents is 1. The van der Waals surface area contributed by atoms with Gasteiger partial charge in [0.05, 0.1) is 17.0 Å². The van der Waals surface area contributed by atoms with Gasteiger partial charge in [-0.2, -0.15) is 0 Å². The Hall–Kier alpha value is -4.10. The number of ketones is 1. The maximum Gasteiger partial charge on any atom is 0.269 e. The van der Waals surface area contributed by atoms with Gasteiger partial charge >= 0.3 is 0 Å². The lowest BCUT2D eigenvalue weighted by molar-refractivity contribution is -0.384. The first-order valence-electron chi connectivity index (χ1n) is 10.0. The van der Waals surface area contributed by atoms with Gasteiger partial charge in [-0.1, -0.05) is 60.7 Å². The molecule has 0 saturated heterocycles. The van der Waals surface area contributed by atoms with Crippen LogP contribution >= 0.6 is 0 Å². The van der Waals surface area contributed by atoms with E-state index in [0.717, 1.165) is 5.56 Å². The fraction of sp³-hybridized carbons (Fsp3) is 0.120. The predicted molar refractivity (Wildman–Crippen MR) is 120 cm³/mol. The molecule has 160 valence electrons. The van der Waals surface area contributed by atoms with Crippen LogP contribution in [0, 0.1) is 10.1 Å². The Morgan fingerprint density at radius 1 is 1.00 bits per heavy atom. The Kier molecular flexibility index (Phi) is 5.66. The second kappa shape index (κ2) is 8.56. The minimum absolute atomic E-state index is 0.140. The second-order valence-corrected chi connectivity index (χ2v) is 7.51. The van der Waals surface area contributed by atoms with Gasteiger partial charge in [0.1, 0.15) is 0 Å². The van der Waals surface area contributed by atoms with Gasteiger partial charge in [-0.25, -0.2) is 0 Å². The molecule has 0 fully saturated rings. The van der Waals surface area contributed by atoms with Crippen LogP contribution in [0.15, 0.2) is 84.9 Å². The highest BCUT2D eigenvalue weighted by Gasteiger charge is 2.50. The van der Waals surface area contributed by atoms with Crippen molar-refractivity contribution >= 4 is 29.1 Å². The molecule has 0 bridgehead atoms. The molecule has 1 heterocycles. The summed E-state index contributed by atoms with van der Waals surface area (Å²) in [5, 5.41) is 22.2. The van der Waals surface area contributed by atoms with Crippen molar-refractivity contribution in [3.8, 4) is 0 Å². The number of anilines is 1. The van der Waals surface area contributed by atoms with Crippen molar-refractivity contribution in [3.63, 3.8) is 0 Å². The SMILES string of the molecule is O=C(CC1(O)C(=O)N(C/C=C/c2ccccc2)c2ccccc21)c1ccc([N+](=O)[O-])cc1. The number of nitro groups is 1. The molecule has 1 atom stereocenters. The largest absolute Gasteiger partial charge is 0.375 e. The molecule has 0 aromatic heterocycles. The zero-order chi connectivity index (χ0) is 22.7. The fourth-order valence-corrected chi connectivity index (χ4v) is 3.82. The molecular formula is C25H20N2O5. The Bertz CT molecular complexity index is 1200. The number of fused-ring (bicyclic) bond motifs is 1. The summed E-state index contributed by atoms with van der Waals surface area (Å²) in [5.74, 6) is -1.06. The lowest BCUT2D eigenvalue weighted by atomic mass is 9.88. The third-order valence-corrected chi connectivity index (χ3v) is 5.45. The molecule has 7 nitrogen and oxygen atoms in total. The number of carbonyl (C=O) groups is 2. The number of carbonyl (C=O) groups excluding carboxylic acids is 2. The maximum absolute atomic E-state index is 13.2. The number of non-ortho nitro benzene ring substituents is 1. The molecule has 7 heteroatoms. The van der Waals surface area contributed by atoms with Gasteiger partial charge in [0.15, 0.2) is 11.4 Å². The number of aliphatic hydroxyl groups is 1. The Morgan fingerprint density at radius 3 is 2.34 bits per heavy atom. The van der Waals surface area contributed by atoms with Crippen LogP contribution in [0.5, 0.6) is 0 Å². The molecule has 1 amide bonds. The van der Waals surface area contributed by atoms with Crippen molar-refractivity contribution in [2.45, 2.75) is 12.0 Å². The summed E-state index contributed by atoms with van der Waals surface area (Å²) in [6, 6.07) is 21.6. The van der Waals surface area contributed by atoms with E-state index >= 15 is 0 Å². The third kappa shape index (κ3) is 3.93. The van der Waals surface area contributed by atoms with E-state index in [1.165, 1.54) is 29.2 Å². The Labute approximate surface area is 184 Å². The molecule has 1 aliphatic rings. The zero-order valence-corrected chi connectivity index (χ0v) is 17.0. The molecule has 0 saturated carbocycles. The maximum atomic E-state index is 13.2. The third-order valence-electron chi connectivity index (χ3n) is 5.45. The van der Waals surface area contributed by atoms with Crippen molar-refractivity contribution in [3.05, 3.63) is 112 Å². The summed E-state index contributed by atoms with van der Waals surface area (Å²) >= 11 is 0. The van der Waals surface area contributed by atoms with Crippen molar-refractivity contribution in [1.29, 1.82) is 0 Å². The summed E-state index contributed by atoms with van der Waals surface area (Å²) in [6.45, 7) is 0.235. The molecule has 3 aromatic carbocycles. The van der Waals surface area contributed by atoms with Crippen LogP contribution in [0.3, 0.4) is 0 Å². The molecule has 3 aromatic rings. The first-order valence-corrected chi connectivity index (χ1v) is 10.0. The number of benzene rings is 3. The summed E-state index contributed by atoms with van der Waals surface area (Å²) in [6.07, 6.45) is 3.25. The van der Waals surface area contributed by atoms with Crippen LogP contribution in [0.2, 0.25) is 0 Å². The van der Waals surface area contributed by atoms with Crippen molar-refractivity contribution < 1.29 is 19.6 Å². The topological polar surface area (TPSA) is 101 Å². The summed E-state index contributed by atoms with van der Waals surface area (Å²) in [4.78, 5) is 37.8. The first kappa shape index (κ1) is 21.1. The molecular weight excluding hydrogens is 408 g/mol. The van der Waals surface area contributed by atoms with Gasteiger partial charge in [-0.3, -0.25) is 19.7 Å². The van der Waals surface area contributed by atoms with Crippen molar-refractivity contribution in [1.82, 2.24) is 0 Å². The molecule has 0 aliphatic carbocycles. The molecule has 32 heavy (non-hydrogen) atoms. The van der Waals surface area contributed by atoms with Gasteiger partial charge in [-0.15, -0.1) is 0 Å². The molecule has 4 rings (SSSR count). The van der Waals surface area contributed by atoms with Gasteiger partial charge in [-0.05, 0) is 23.8 Å². The molecule has 1 N–H and O–H groups in total. The summed E-state index contributed by atoms with van der Waals surface area (Å²) < 4.78 is 0. The Balaban J connectivity index is 1.58. The predicted octanol–water partition coefficient (Wildman–Crippen LogP) is 4.12. The number of rotatable bonds is 7. The van der Waals surface area contributed by atoms with Crippen molar-refractivity contribution in [2.75, 3.05) is 11.4 Å². The van der Waals surface area contributed by atoms with Crippen LogP contribution in [0.1, 0.15) is 27.9 Å². The van der Waals surface area contributed by atoms with E-state index in [4.69, 9.17) is 0 Å². The average molecular weight is 428 g/mol. The van der Waals surface area contributed by atoms with Crippen LogP contribution < -0.4 is 4.90 Å². The van der Waals surface area contributed by atoms with E-state index in [2.05, 4.69) is 0 Å². The van der Waals surface area contributed by atoms with E-state index in [0.29, 0.717) is 11.3 Å². The highest BCUT2D eigenvalue weighted by molar-refractivity contribution is 6.11. The Morgan fingerprint density at radius 2 is 1.66 bits per heavy atom. The fourth-order valence-electron chi connectivity index (χ4n) is 3.82. The quantitative estimate of drug-likeness (QED) is 0.347. The van der Waals surface area contributed by atoms with E-state index in [1.54, 1.807) is 24.3 Å². The van der Waals surface area contributed by atoms with Crippen LogP contribution in [-0.2, 0) is 10.4 Å². The molecule has 0 spiro atoms. The highest BCUT2D eigenvalue weighted by Crippen LogP contribution is 2.42. The van der Waals surface area contributed by atoms with E-state index < -0.39 is 28.6 Å². The van der Waals surface area contributed by atoms with Crippen LogP contribution in [0.25, 0.3) is 6.08 Å². The monoisotopic (exact) mass is 428 g/mol. The normalized spacial score (nSPS) is 17.5. The molecule has 1 aliphatic heterocycles. The van der Waals surface area contributed by atoms with Crippen molar-refractivity contribution in [2.24, 2.45) is 0 Å². The van der Waals surface area contributed by atoms with Gasteiger partial charge in [0.2, 0.25) is 0 Å². The number of hydrogen-bond donors (Lipinski definition) is 1. The lowest BCUT2D eigenvalue weighted by Gasteiger charge is -2.22. The van der Waals surface area contributed by atoms with E-state index in [1.807, 2.05) is 42.5 Å². The number of hydrogen-bond acceptors (Lipinski definition) is 5. The first-order chi connectivity index (χ1) is 15.4. The number of amides is 1. The average Bonchev–Trinajstić information content (AvgIpc) is 3.01. The van der Waals surface area contributed by atoms with Gasteiger partial charge < -0.3 is 10.0 Å². The zero-order valence-electron chi connectivity index (χ0n) is 17.0. The standard InChI is InChI=1S/C25H20N2O5/c28-23(19-12-14-20(15-13-19)27(31)32)17-25(30)21-10-4-5-11-22(21)26(24(25)29)16-6-9-18-7-2-1-3-8-18/h1-15,30H,16-17H2/b9-6+. The number of Topliss-reactive ketones (excluding diaryl/α,β-unsaturated/α-hetero) is 1. The minimum atomic E-state index is -2.00. The lowest BCUT2D eigenvalue weighted by Crippen LogP contribution is -2.42. The minimum Gasteiger partial charge on any atom is -0.375 e. The second-order valence-electron chi connectivity index (χ2n) is 7.51. The van der Waals surface area contributed by atoms with Gasteiger partial charge in [0.25, 0.3) is 11.6 Å². The number of para-hydroxylation sites is 1. The summed E-state index contributed by atoms with van der Waals surface area (Å²) in [5.41, 5.74) is -0.0509. The number of nitrogens with zero attached hydrogens (tertiary/aromatic N) is 2. The summed E-state index contributed by atoms with van der Waals surface area (Å²) in [7, 11) is 0. The smallest absolute Gasteiger partial charge is 0.269 e. The van der Waals surface area contributed by atoms with Gasteiger partial charge in [0, 0.05) is 29.8 Å². The molecule has 0 radical (unpaired) electrons. The highest BCUT2D eigenvalue weighted by atomic mass is 16.6. The van der Waals surface area contributed by atoms with E-state index in [-0.39, 0.29) is 17.8 Å². The van der Waals surface area contributed by atoms with E-state index in [9.17, 15) is 24.8 Å². The van der Waals surface area contributed by atoms with Crippen LogP contribution in [0.4, 0.5) is 11.4 Å². The van der Waals surface area contributed by atoms with Crippen LogP contribution in [-0.4, -0.2) is 28.3 Å².